The molecule has 1 aromatic heterocycles. The molecule has 0 amide bonds. The SMILES string of the molecule is CCc1ccc(-c2nc3ccc4ccccc4c3c3c2CN(Cc2ccccc2)CC3)cc1. The largest absolute Gasteiger partial charge is 0.294 e. The average molecular weight is 429 g/mol. The van der Waals surface area contributed by atoms with Gasteiger partial charge in [-0.3, -0.25) is 4.90 Å². The van der Waals surface area contributed by atoms with E-state index in [1.165, 1.54) is 44.0 Å². The van der Waals surface area contributed by atoms with E-state index in [1.807, 2.05) is 0 Å². The lowest BCUT2D eigenvalue weighted by atomic mass is 9.89. The van der Waals surface area contributed by atoms with Crippen molar-refractivity contribution >= 4 is 21.7 Å². The maximum Gasteiger partial charge on any atom is 0.0757 e. The third kappa shape index (κ3) is 3.71. The van der Waals surface area contributed by atoms with Crippen molar-refractivity contribution in [1.29, 1.82) is 0 Å². The Morgan fingerprint density at radius 3 is 2.36 bits per heavy atom. The molecular weight excluding hydrogens is 400 g/mol. The van der Waals surface area contributed by atoms with Crippen molar-refractivity contribution in [1.82, 2.24) is 9.88 Å². The van der Waals surface area contributed by atoms with Gasteiger partial charge in [0.1, 0.15) is 0 Å². The molecule has 0 atom stereocenters. The Bertz CT molecular complexity index is 1440. The van der Waals surface area contributed by atoms with E-state index in [0.29, 0.717) is 0 Å². The summed E-state index contributed by atoms with van der Waals surface area (Å²) in [7, 11) is 0. The molecule has 0 unspecified atom stereocenters. The quantitative estimate of drug-likeness (QED) is 0.282. The molecule has 1 aliphatic heterocycles. The summed E-state index contributed by atoms with van der Waals surface area (Å²) in [4.78, 5) is 7.85. The molecule has 0 saturated carbocycles. The average Bonchev–Trinajstić information content (AvgIpc) is 2.88. The maximum absolute atomic E-state index is 5.28. The molecule has 0 fully saturated rings. The number of fused-ring (bicyclic) bond motifs is 5. The lowest BCUT2D eigenvalue weighted by Gasteiger charge is -2.31. The van der Waals surface area contributed by atoms with Crippen LogP contribution in [0.2, 0.25) is 0 Å². The number of aryl methyl sites for hydroxylation is 1. The van der Waals surface area contributed by atoms with Crippen molar-refractivity contribution in [3.8, 4) is 11.3 Å². The van der Waals surface area contributed by atoms with Gasteiger partial charge in [0.15, 0.2) is 0 Å². The molecule has 33 heavy (non-hydrogen) atoms. The topological polar surface area (TPSA) is 16.1 Å². The van der Waals surface area contributed by atoms with Crippen molar-refractivity contribution in [2.24, 2.45) is 0 Å². The Hall–Kier alpha value is -3.49. The summed E-state index contributed by atoms with van der Waals surface area (Å²) in [5, 5.41) is 3.96. The first-order valence-corrected chi connectivity index (χ1v) is 12.0. The van der Waals surface area contributed by atoms with Crippen LogP contribution in [0.4, 0.5) is 0 Å². The number of rotatable bonds is 4. The molecule has 2 heterocycles. The van der Waals surface area contributed by atoms with Crippen LogP contribution in [-0.4, -0.2) is 16.4 Å². The monoisotopic (exact) mass is 428 g/mol. The van der Waals surface area contributed by atoms with Gasteiger partial charge in [-0.05, 0) is 51.9 Å². The van der Waals surface area contributed by atoms with Gasteiger partial charge in [-0.2, -0.15) is 0 Å². The fourth-order valence-electron chi connectivity index (χ4n) is 5.28. The summed E-state index contributed by atoms with van der Waals surface area (Å²) >= 11 is 0. The van der Waals surface area contributed by atoms with Gasteiger partial charge in [0.25, 0.3) is 0 Å². The predicted octanol–water partition coefficient (Wildman–Crippen LogP) is 7.18. The summed E-state index contributed by atoms with van der Waals surface area (Å²) in [6.45, 7) is 5.18. The van der Waals surface area contributed by atoms with Crippen LogP contribution < -0.4 is 0 Å². The lowest BCUT2D eigenvalue weighted by molar-refractivity contribution is 0.246. The predicted molar refractivity (Wildman–Crippen MR) is 138 cm³/mol. The van der Waals surface area contributed by atoms with E-state index in [9.17, 15) is 0 Å². The van der Waals surface area contributed by atoms with Gasteiger partial charge < -0.3 is 0 Å². The molecule has 162 valence electrons. The minimum absolute atomic E-state index is 0.932. The number of benzene rings is 4. The zero-order chi connectivity index (χ0) is 22.2. The summed E-state index contributed by atoms with van der Waals surface area (Å²) in [6, 6.07) is 33.0. The molecule has 2 nitrogen and oxygen atoms in total. The first-order chi connectivity index (χ1) is 16.3. The molecule has 5 aromatic rings. The fourth-order valence-corrected chi connectivity index (χ4v) is 5.28. The summed E-state index contributed by atoms with van der Waals surface area (Å²) in [5.41, 5.74) is 9.09. The summed E-state index contributed by atoms with van der Waals surface area (Å²) in [6.07, 6.45) is 2.11. The molecule has 0 aliphatic carbocycles. The molecule has 0 N–H and O–H groups in total. The van der Waals surface area contributed by atoms with Crippen LogP contribution >= 0.6 is 0 Å². The Morgan fingerprint density at radius 2 is 1.55 bits per heavy atom. The Balaban J connectivity index is 1.53. The summed E-state index contributed by atoms with van der Waals surface area (Å²) in [5.74, 6) is 0. The van der Waals surface area contributed by atoms with Gasteiger partial charge in [-0.15, -0.1) is 0 Å². The molecule has 0 radical (unpaired) electrons. The standard InChI is InChI=1S/C31H28N2/c1-2-22-12-14-25(15-13-22)31-28-21-33(20-23-8-4-3-5-9-23)19-18-27(28)30-26-11-7-6-10-24(26)16-17-29(30)32-31/h3-17H,2,18-21H2,1H3. The number of aromatic nitrogens is 1. The van der Waals surface area contributed by atoms with E-state index in [2.05, 4.69) is 103 Å². The van der Waals surface area contributed by atoms with Gasteiger partial charge in [-0.1, -0.05) is 91.9 Å². The van der Waals surface area contributed by atoms with E-state index >= 15 is 0 Å². The molecule has 4 aromatic carbocycles. The van der Waals surface area contributed by atoms with Gasteiger partial charge in [0.2, 0.25) is 0 Å². The Labute approximate surface area is 195 Å². The van der Waals surface area contributed by atoms with Crippen molar-refractivity contribution < 1.29 is 0 Å². The third-order valence-corrected chi connectivity index (χ3v) is 7.04. The van der Waals surface area contributed by atoms with Crippen LogP contribution in [0.15, 0.2) is 91.0 Å². The zero-order valence-corrected chi connectivity index (χ0v) is 19.1. The van der Waals surface area contributed by atoms with E-state index in [-0.39, 0.29) is 0 Å². The smallest absolute Gasteiger partial charge is 0.0757 e. The van der Waals surface area contributed by atoms with E-state index in [1.54, 1.807) is 0 Å². The highest BCUT2D eigenvalue weighted by atomic mass is 15.1. The molecule has 6 rings (SSSR count). The second kappa shape index (κ2) is 8.46. The van der Waals surface area contributed by atoms with Crippen molar-refractivity contribution in [2.45, 2.75) is 32.9 Å². The number of hydrogen-bond acceptors (Lipinski definition) is 2. The number of pyridine rings is 1. The normalized spacial score (nSPS) is 14.0. The van der Waals surface area contributed by atoms with E-state index in [0.717, 1.165) is 43.7 Å². The van der Waals surface area contributed by atoms with Crippen LogP contribution in [0, 0.1) is 0 Å². The molecular formula is C31H28N2. The molecule has 2 heteroatoms. The molecule has 0 bridgehead atoms. The van der Waals surface area contributed by atoms with Gasteiger partial charge in [0.05, 0.1) is 11.2 Å². The third-order valence-electron chi connectivity index (χ3n) is 7.04. The van der Waals surface area contributed by atoms with Crippen molar-refractivity contribution in [3.63, 3.8) is 0 Å². The van der Waals surface area contributed by atoms with Crippen molar-refractivity contribution in [3.05, 3.63) is 113 Å². The first-order valence-electron chi connectivity index (χ1n) is 12.0. The Morgan fingerprint density at radius 1 is 0.758 bits per heavy atom. The van der Waals surface area contributed by atoms with Crippen LogP contribution in [0.5, 0.6) is 0 Å². The molecule has 0 saturated heterocycles. The van der Waals surface area contributed by atoms with Crippen molar-refractivity contribution in [2.75, 3.05) is 6.54 Å². The van der Waals surface area contributed by atoms with Crippen LogP contribution in [0.1, 0.15) is 29.2 Å². The van der Waals surface area contributed by atoms with E-state index < -0.39 is 0 Å². The summed E-state index contributed by atoms with van der Waals surface area (Å²) < 4.78 is 0. The zero-order valence-electron chi connectivity index (χ0n) is 19.1. The second-order valence-electron chi connectivity index (χ2n) is 9.10. The fraction of sp³-hybridized carbons (Fsp3) is 0.194. The van der Waals surface area contributed by atoms with E-state index in [4.69, 9.17) is 4.98 Å². The van der Waals surface area contributed by atoms with Crippen LogP contribution in [0.3, 0.4) is 0 Å². The first kappa shape index (κ1) is 20.1. The minimum atomic E-state index is 0.932. The Kier molecular flexibility index (Phi) is 5.16. The lowest BCUT2D eigenvalue weighted by Crippen LogP contribution is -2.31. The maximum atomic E-state index is 5.28. The second-order valence-corrected chi connectivity index (χ2v) is 9.10. The van der Waals surface area contributed by atoms with Gasteiger partial charge >= 0.3 is 0 Å². The number of hydrogen-bond donors (Lipinski definition) is 0. The highest BCUT2D eigenvalue weighted by Crippen LogP contribution is 2.37. The number of nitrogens with zero attached hydrogens (tertiary/aromatic N) is 2. The van der Waals surface area contributed by atoms with Crippen LogP contribution in [-0.2, 0) is 25.9 Å². The van der Waals surface area contributed by atoms with Gasteiger partial charge in [-0.25, -0.2) is 4.98 Å². The van der Waals surface area contributed by atoms with Crippen LogP contribution in [0.25, 0.3) is 32.9 Å². The van der Waals surface area contributed by atoms with Gasteiger partial charge in [0, 0.05) is 30.6 Å². The minimum Gasteiger partial charge on any atom is -0.294 e. The highest BCUT2D eigenvalue weighted by molar-refractivity contribution is 6.09. The molecule has 1 aliphatic rings. The molecule has 0 spiro atoms. The highest BCUT2D eigenvalue weighted by Gasteiger charge is 2.24.